The summed E-state index contributed by atoms with van der Waals surface area (Å²) in [5.41, 5.74) is 7.06. The molecule has 3 rings (SSSR count). The highest BCUT2D eigenvalue weighted by atomic mass is 32.2. The van der Waals surface area contributed by atoms with Crippen LogP contribution in [0.1, 0.15) is 22.5 Å². The summed E-state index contributed by atoms with van der Waals surface area (Å²) in [5, 5.41) is 5.75. The van der Waals surface area contributed by atoms with E-state index in [1.165, 1.54) is 18.2 Å². The first-order valence-corrected chi connectivity index (χ1v) is 9.90. The lowest BCUT2D eigenvalue weighted by atomic mass is 9.99. The van der Waals surface area contributed by atoms with E-state index in [1.807, 2.05) is 0 Å². The molecule has 0 aliphatic heterocycles. The Balaban J connectivity index is 1.90. The number of benzene rings is 2. The number of rotatable bonds is 5. The Hall–Kier alpha value is -3.47. The van der Waals surface area contributed by atoms with Crippen LogP contribution >= 0.6 is 0 Å². The van der Waals surface area contributed by atoms with E-state index in [4.69, 9.17) is 10.2 Å². The van der Waals surface area contributed by atoms with Gasteiger partial charge in [0, 0.05) is 10.9 Å². The SMILES string of the molecule is CS(=O)(=O)ON=C(N)NC(=O)c1cccc(-c2cccc3oc(C(F)F)cc23)c1. The number of halogens is 2. The van der Waals surface area contributed by atoms with Gasteiger partial charge in [0.15, 0.2) is 5.76 Å². The molecule has 0 unspecified atom stereocenters. The van der Waals surface area contributed by atoms with Crippen LogP contribution in [0.4, 0.5) is 8.78 Å². The molecule has 0 atom stereocenters. The van der Waals surface area contributed by atoms with Crippen LogP contribution in [0, 0.1) is 0 Å². The van der Waals surface area contributed by atoms with Gasteiger partial charge in [0.25, 0.3) is 12.3 Å². The number of nitrogens with one attached hydrogen (secondary N) is 1. The van der Waals surface area contributed by atoms with Crippen LogP contribution in [0.25, 0.3) is 22.1 Å². The first kappa shape index (κ1) is 20.3. The molecular formula is C18H15F2N3O5S. The first-order chi connectivity index (χ1) is 13.6. The second kappa shape index (κ2) is 7.87. The number of oxime groups is 1. The largest absolute Gasteiger partial charge is 0.455 e. The van der Waals surface area contributed by atoms with Crippen molar-refractivity contribution in [2.45, 2.75) is 6.43 Å². The summed E-state index contributed by atoms with van der Waals surface area (Å²) in [6.07, 6.45) is -1.98. The molecule has 0 saturated carbocycles. The molecule has 29 heavy (non-hydrogen) atoms. The molecule has 152 valence electrons. The highest BCUT2D eigenvalue weighted by molar-refractivity contribution is 7.85. The Kier molecular flexibility index (Phi) is 5.50. The van der Waals surface area contributed by atoms with Crippen LogP contribution in [0.5, 0.6) is 0 Å². The molecule has 0 radical (unpaired) electrons. The fourth-order valence-corrected chi connectivity index (χ4v) is 2.80. The minimum Gasteiger partial charge on any atom is -0.455 e. The molecule has 2 aromatic carbocycles. The second-order valence-corrected chi connectivity index (χ2v) is 7.51. The van der Waals surface area contributed by atoms with Crippen LogP contribution in [-0.2, 0) is 14.4 Å². The number of furan rings is 1. The lowest BCUT2D eigenvalue weighted by Gasteiger charge is -2.07. The average Bonchev–Trinajstić information content (AvgIpc) is 3.10. The van der Waals surface area contributed by atoms with E-state index < -0.39 is 34.2 Å². The summed E-state index contributed by atoms with van der Waals surface area (Å²) < 4.78 is 57.0. The molecular weight excluding hydrogens is 408 g/mol. The molecule has 0 spiro atoms. The summed E-state index contributed by atoms with van der Waals surface area (Å²) in [4.78, 5) is 12.3. The van der Waals surface area contributed by atoms with Crippen LogP contribution in [-0.4, -0.2) is 26.5 Å². The maximum atomic E-state index is 12.9. The lowest BCUT2D eigenvalue weighted by Crippen LogP contribution is -2.37. The van der Waals surface area contributed by atoms with Crippen LogP contribution in [0.2, 0.25) is 0 Å². The third-order valence-corrected chi connectivity index (χ3v) is 4.09. The Morgan fingerprint density at radius 3 is 2.62 bits per heavy atom. The maximum absolute atomic E-state index is 12.9. The average molecular weight is 423 g/mol. The number of hydrogen-bond acceptors (Lipinski definition) is 6. The third-order valence-electron chi connectivity index (χ3n) is 3.74. The highest BCUT2D eigenvalue weighted by Gasteiger charge is 2.17. The lowest BCUT2D eigenvalue weighted by molar-refractivity contribution is 0.0975. The fourth-order valence-electron chi connectivity index (χ4n) is 2.59. The van der Waals surface area contributed by atoms with E-state index >= 15 is 0 Å². The standard InChI is InChI=1S/C18H15F2N3O5S/c1-29(25,26)28-23-18(21)22-17(24)11-5-2-4-10(8-11)12-6-3-7-14-13(12)9-15(27-14)16(19)20/h2-9,16H,1H3,(H3,21,22,23,24). The molecule has 1 amide bonds. The van der Waals surface area contributed by atoms with E-state index in [-0.39, 0.29) is 5.56 Å². The van der Waals surface area contributed by atoms with Crippen LogP contribution in [0.3, 0.4) is 0 Å². The molecule has 0 bridgehead atoms. The van der Waals surface area contributed by atoms with Crippen molar-refractivity contribution in [3.05, 3.63) is 59.9 Å². The van der Waals surface area contributed by atoms with E-state index in [0.29, 0.717) is 22.1 Å². The van der Waals surface area contributed by atoms with Gasteiger partial charge in [-0.15, -0.1) is 0 Å². The van der Waals surface area contributed by atoms with Crippen LogP contribution < -0.4 is 11.1 Å². The number of guanidine groups is 1. The molecule has 8 nitrogen and oxygen atoms in total. The monoisotopic (exact) mass is 423 g/mol. The highest BCUT2D eigenvalue weighted by Crippen LogP contribution is 2.34. The fraction of sp³-hybridized carbons (Fsp3) is 0.111. The van der Waals surface area contributed by atoms with Crippen molar-refractivity contribution in [2.75, 3.05) is 6.26 Å². The second-order valence-electron chi connectivity index (χ2n) is 5.96. The van der Waals surface area contributed by atoms with Gasteiger partial charge in [-0.05, 0) is 40.5 Å². The molecule has 11 heteroatoms. The predicted octanol–water partition coefficient (Wildman–Crippen LogP) is 2.97. The number of carbonyl (C=O) groups is 1. The Morgan fingerprint density at radius 1 is 1.21 bits per heavy atom. The van der Waals surface area contributed by atoms with E-state index in [0.717, 1.165) is 6.26 Å². The summed E-state index contributed by atoms with van der Waals surface area (Å²) in [6, 6.07) is 12.5. The zero-order valence-electron chi connectivity index (χ0n) is 14.9. The van der Waals surface area contributed by atoms with E-state index in [2.05, 4.69) is 14.8 Å². The van der Waals surface area contributed by atoms with Crippen molar-refractivity contribution in [1.82, 2.24) is 5.32 Å². The van der Waals surface area contributed by atoms with E-state index in [9.17, 15) is 22.0 Å². The van der Waals surface area contributed by atoms with Crippen LogP contribution in [0.15, 0.2) is 58.1 Å². The molecule has 0 saturated heterocycles. The summed E-state index contributed by atoms with van der Waals surface area (Å²) >= 11 is 0. The van der Waals surface area contributed by atoms with Crippen molar-refractivity contribution >= 4 is 33.0 Å². The predicted molar refractivity (Wildman–Crippen MR) is 102 cm³/mol. The number of amides is 1. The first-order valence-electron chi connectivity index (χ1n) is 8.08. The van der Waals surface area contributed by atoms with Gasteiger partial charge in [0.2, 0.25) is 5.96 Å². The van der Waals surface area contributed by atoms with Gasteiger partial charge in [-0.25, -0.2) is 8.78 Å². The zero-order chi connectivity index (χ0) is 21.2. The zero-order valence-corrected chi connectivity index (χ0v) is 15.7. The molecule has 1 aromatic heterocycles. The number of fused-ring (bicyclic) bond motifs is 1. The van der Waals surface area contributed by atoms with Crippen molar-refractivity contribution in [3.8, 4) is 11.1 Å². The van der Waals surface area contributed by atoms with Crippen molar-refractivity contribution in [1.29, 1.82) is 0 Å². The quantitative estimate of drug-likeness (QED) is 0.369. The van der Waals surface area contributed by atoms with Gasteiger partial charge in [-0.1, -0.05) is 24.3 Å². The summed E-state index contributed by atoms with van der Waals surface area (Å²) in [7, 11) is -3.87. The summed E-state index contributed by atoms with van der Waals surface area (Å²) in [6.45, 7) is 0. The Morgan fingerprint density at radius 2 is 1.93 bits per heavy atom. The van der Waals surface area contributed by atoms with Crippen molar-refractivity contribution < 1.29 is 30.7 Å². The molecule has 0 fully saturated rings. The van der Waals surface area contributed by atoms with Gasteiger partial charge in [-0.2, -0.15) is 8.42 Å². The van der Waals surface area contributed by atoms with Gasteiger partial charge >= 0.3 is 10.1 Å². The molecule has 1 heterocycles. The minimum atomic E-state index is -3.87. The molecule has 3 N–H and O–H groups in total. The minimum absolute atomic E-state index is 0.176. The molecule has 0 aliphatic rings. The Labute approximate surface area is 164 Å². The van der Waals surface area contributed by atoms with E-state index in [1.54, 1.807) is 30.3 Å². The van der Waals surface area contributed by atoms with Crippen molar-refractivity contribution in [3.63, 3.8) is 0 Å². The van der Waals surface area contributed by atoms with Crippen molar-refractivity contribution in [2.24, 2.45) is 10.9 Å². The number of nitrogens with two attached hydrogens (primary N) is 1. The number of carbonyl (C=O) groups excluding carboxylic acids is 1. The molecule has 3 aromatic rings. The maximum Gasteiger partial charge on any atom is 0.325 e. The number of hydrogen-bond donors (Lipinski definition) is 2. The van der Waals surface area contributed by atoms with Gasteiger partial charge < -0.3 is 10.2 Å². The smallest absolute Gasteiger partial charge is 0.325 e. The number of nitrogens with zero attached hydrogens (tertiary/aromatic N) is 1. The molecule has 0 aliphatic carbocycles. The third kappa shape index (κ3) is 4.88. The normalized spacial score (nSPS) is 12.3. The van der Waals surface area contributed by atoms with Gasteiger partial charge in [0.1, 0.15) is 5.58 Å². The Bertz CT molecular complexity index is 1210. The summed E-state index contributed by atoms with van der Waals surface area (Å²) in [5.74, 6) is -1.67. The van der Waals surface area contributed by atoms with Gasteiger partial charge in [-0.3, -0.25) is 14.4 Å². The number of alkyl halides is 2. The van der Waals surface area contributed by atoms with Gasteiger partial charge in [0.05, 0.1) is 6.26 Å². The topological polar surface area (TPSA) is 124 Å².